The molecular weight excluding hydrogens is 336 g/mol. The van der Waals surface area contributed by atoms with Gasteiger partial charge in [0, 0.05) is 12.6 Å². The van der Waals surface area contributed by atoms with Crippen LogP contribution in [-0.4, -0.2) is 45.2 Å². The lowest BCUT2D eigenvalue weighted by Crippen LogP contribution is -2.43. The van der Waals surface area contributed by atoms with Gasteiger partial charge in [-0.15, -0.1) is 0 Å². The van der Waals surface area contributed by atoms with E-state index < -0.39 is 25.9 Å². The van der Waals surface area contributed by atoms with Gasteiger partial charge in [-0.3, -0.25) is 0 Å². The fourth-order valence-electron chi connectivity index (χ4n) is 2.64. The fourth-order valence-corrected chi connectivity index (χ4v) is 6.29. The van der Waals surface area contributed by atoms with E-state index in [2.05, 4.69) is 0 Å². The van der Waals surface area contributed by atoms with E-state index in [-0.39, 0.29) is 28.9 Å². The van der Waals surface area contributed by atoms with E-state index in [0.717, 1.165) is 0 Å². The second kappa shape index (κ2) is 6.59. The Bertz CT molecular complexity index is 806. The van der Waals surface area contributed by atoms with Gasteiger partial charge in [-0.2, -0.15) is 9.57 Å². The van der Waals surface area contributed by atoms with Crippen molar-refractivity contribution in [2.45, 2.75) is 31.2 Å². The Morgan fingerprint density at radius 2 is 1.91 bits per heavy atom. The second-order valence-corrected chi connectivity index (χ2v) is 10.3. The van der Waals surface area contributed by atoms with E-state index in [9.17, 15) is 16.8 Å². The Hall–Kier alpha value is -1.43. The maximum Gasteiger partial charge on any atom is 0.243 e. The number of rotatable bonds is 5. The lowest BCUT2D eigenvalue weighted by atomic mass is 10.2. The lowest BCUT2D eigenvalue weighted by molar-refractivity contribution is 0.308. The number of hydrogen-bond donors (Lipinski definition) is 0. The molecule has 1 aliphatic heterocycles. The molecule has 0 amide bonds. The normalized spacial score (nSPS) is 20.7. The van der Waals surface area contributed by atoms with Crippen molar-refractivity contribution in [3.05, 3.63) is 29.8 Å². The average molecular weight is 356 g/mol. The molecule has 0 bridgehead atoms. The first-order valence-corrected chi connectivity index (χ1v) is 10.6. The van der Waals surface area contributed by atoms with Gasteiger partial charge in [0.25, 0.3) is 0 Å². The van der Waals surface area contributed by atoms with Crippen LogP contribution >= 0.6 is 0 Å². The molecule has 1 aromatic rings. The summed E-state index contributed by atoms with van der Waals surface area (Å²) in [5.41, 5.74) is 0.378. The first kappa shape index (κ1) is 17.9. The number of nitriles is 1. The molecule has 1 atom stereocenters. The van der Waals surface area contributed by atoms with Gasteiger partial charge in [-0.25, -0.2) is 16.8 Å². The highest BCUT2D eigenvalue weighted by Gasteiger charge is 2.38. The predicted octanol–water partition coefficient (Wildman–Crippen LogP) is 1.39. The van der Waals surface area contributed by atoms with Crippen LogP contribution in [0.1, 0.15) is 25.8 Å². The Morgan fingerprint density at radius 3 is 2.35 bits per heavy atom. The van der Waals surface area contributed by atoms with Gasteiger partial charge in [-0.1, -0.05) is 13.8 Å². The smallest absolute Gasteiger partial charge is 0.229 e. The third-order valence-corrected chi connectivity index (χ3v) is 7.43. The molecule has 1 aliphatic rings. The Kier molecular flexibility index (Phi) is 5.14. The molecule has 2 rings (SSSR count). The van der Waals surface area contributed by atoms with Crippen LogP contribution in [0.4, 0.5) is 0 Å². The average Bonchev–Trinajstić information content (AvgIpc) is 2.84. The third-order valence-electron chi connectivity index (χ3n) is 3.75. The van der Waals surface area contributed by atoms with Crippen molar-refractivity contribution in [3.63, 3.8) is 0 Å². The van der Waals surface area contributed by atoms with Crippen molar-refractivity contribution in [2.24, 2.45) is 5.92 Å². The molecule has 8 heteroatoms. The van der Waals surface area contributed by atoms with Crippen LogP contribution in [0.25, 0.3) is 0 Å². The van der Waals surface area contributed by atoms with Crippen LogP contribution < -0.4 is 0 Å². The molecule has 0 radical (unpaired) electrons. The highest BCUT2D eigenvalue weighted by atomic mass is 32.2. The molecule has 0 spiro atoms. The van der Waals surface area contributed by atoms with E-state index in [0.29, 0.717) is 12.0 Å². The van der Waals surface area contributed by atoms with Crippen molar-refractivity contribution >= 4 is 19.9 Å². The van der Waals surface area contributed by atoms with Crippen molar-refractivity contribution < 1.29 is 16.8 Å². The Labute approximate surface area is 137 Å². The van der Waals surface area contributed by atoms with Crippen molar-refractivity contribution in [1.29, 1.82) is 5.26 Å². The summed E-state index contributed by atoms with van der Waals surface area (Å²) in [4.78, 5) is 0.0847. The maximum atomic E-state index is 12.9. The van der Waals surface area contributed by atoms with E-state index in [1.807, 2.05) is 19.9 Å². The largest absolute Gasteiger partial charge is 0.243 e. The number of sulfonamides is 1. The number of hydrogen-bond acceptors (Lipinski definition) is 5. The van der Waals surface area contributed by atoms with Crippen LogP contribution in [0.15, 0.2) is 29.2 Å². The molecule has 0 saturated carbocycles. The first-order chi connectivity index (χ1) is 10.7. The number of nitrogens with zero attached hydrogens (tertiary/aromatic N) is 2. The maximum absolute atomic E-state index is 12.9. The molecule has 1 aromatic carbocycles. The molecule has 1 fully saturated rings. The summed E-state index contributed by atoms with van der Waals surface area (Å²) in [6.07, 6.45) is 0.324. The Morgan fingerprint density at radius 1 is 1.30 bits per heavy atom. The molecule has 0 N–H and O–H groups in total. The van der Waals surface area contributed by atoms with Gasteiger partial charge in [0.1, 0.15) is 0 Å². The van der Waals surface area contributed by atoms with Crippen LogP contribution in [-0.2, 0) is 19.9 Å². The van der Waals surface area contributed by atoms with Gasteiger partial charge >= 0.3 is 0 Å². The van der Waals surface area contributed by atoms with Crippen LogP contribution in [0.2, 0.25) is 0 Å². The number of sulfone groups is 1. The summed E-state index contributed by atoms with van der Waals surface area (Å²) in [6.45, 7) is 4.05. The zero-order chi connectivity index (χ0) is 17.3. The molecule has 1 saturated heterocycles. The highest BCUT2D eigenvalue weighted by molar-refractivity contribution is 7.92. The molecule has 0 aromatic heterocycles. The quantitative estimate of drug-likeness (QED) is 0.794. The third kappa shape index (κ3) is 4.10. The van der Waals surface area contributed by atoms with Gasteiger partial charge in [-0.05, 0) is 36.6 Å². The van der Waals surface area contributed by atoms with Gasteiger partial charge < -0.3 is 0 Å². The molecule has 23 heavy (non-hydrogen) atoms. The summed E-state index contributed by atoms with van der Waals surface area (Å²) in [7, 11) is -6.97. The summed E-state index contributed by atoms with van der Waals surface area (Å²) in [6, 6.07) is 7.11. The van der Waals surface area contributed by atoms with Gasteiger partial charge in [0.15, 0.2) is 9.84 Å². The summed E-state index contributed by atoms with van der Waals surface area (Å²) in [5, 5.41) is 8.81. The predicted molar refractivity (Wildman–Crippen MR) is 86.9 cm³/mol. The van der Waals surface area contributed by atoms with E-state index in [1.165, 1.54) is 28.6 Å². The van der Waals surface area contributed by atoms with E-state index in [1.54, 1.807) is 0 Å². The van der Waals surface area contributed by atoms with Crippen molar-refractivity contribution in [1.82, 2.24) is 4.31 Å². The van der Waals surface area contributed by atoms with Gasteiger partial charge in [0.05, 0.1) is 28.0 Å². The fraction of sp³-hybridized carbons (Fsp3) is 0.533. The lowest BCUT2D eigenvalue weighted by Gasteiger charge is -2.29. The standard InChI is InChI=1S/C15H20N2O4S2/c1-12(2)10-17(14-7-8-22(18,19)11-14)23(20,21)15-5-3-13(9-16)4-6-15/h3-6,12,14H,7-8,10-11H2,1-2H3. The summed E-state index contributed by atoms with van der Waals surface area (Å²) in [5.74, 6) is -0.0313. The SMILES string of the molecule is CC(C)CN(C1CCS(=O)(=O)C1)S(=O)(=O)c1ccc(C#N)cc1. The van der Waals surface area contributed by atoms with Crippen molar-refractivity contribution in [2.75, 3.05) is 18.1 Å². The molecule has 126 valence electrons. The topological polar surface area (TPSA) is 95.3 Å². The second-order valence-electron chi connectivity index (χ2n) is 6.16. The minimum absolute atomic E-state index is 0.0230. The molecule has 1 unspecified atom stereocenters. The first-order valence-electron chi connectivity index (χ1n) is 7.38. The van der Waals surface area contributed by atoms with Crippen LogP contribution in [0, 0.1) is 17.2 Å². The molecule has 0 aliphatic carbocycles. The van der Waals surface area contributed by atoms with E-state index >= 15 is 0 Å². The zero-order valence-electron chi connectivity index (χ0n) is 13.1. The molecule has 1 heterocycles. The van der Waals surface area contributed by atoms with Crippen LogP contribution in [0.5, 0.6) is 0 Å². The number of benzene rings is 1. The summed E-state index contributed by atoms with van der Waals surface area (Å²) >= 11 is 0. The minimum atomic E-state index is -3.80. The zero-order valence-corrected chi connectivity index (χ0v) is 14.8. The molecule has 6 nitrogen and oxygen atoms in total. The van der Waals surface area contributed by atoms with Crippen LogP contribution in [0.3, 0.4) is 0 Å². The highest BCUT2D eigenvalue weighted by Crippen LogP contribution is 2.26. The minimum Gasteiger partial charge on any atom is -0.229 e. The Balaban J connectivity index is 2.39. The van der Waals surface area contributed by atoms with E-state index in [4.69, 9.17) is 5.26 Å². The van der Waals surface area contributed by atoms with Crippen molar-refractivity contribution in [3.8, 4) is 6.07 Å². The van der Waals surface area contributed by atoms with Gasteiger partial charge in [0.2, 0.25) is 10.0 Å². The summed E-state index contributed by atoms with van der Waals surface area (Å²) < 4.78 is 50.6. The monoisotopic (exact) mass is 356 g/mol. The molecular formula is C15H20N2O4S2.